The highest BCUT2D eigenvalue weighted by Crippen LogP contribution is 2.21. The maximum atomic E-state index is 10.4. The van der Waals surface area contributed by atoms with Gasteiger partial charge in [0.2, 0.25) is 5.88 Å². The Morgan fingerprint density at radius 1 is 1.10 bits per heavy atom. The lowest BCUT2D eigenvalue weighted by atomic mass is 10.0. The summed E-state index contributed by atoms with van der Waals surface area (Å²) in [4.78, 5) is 14.6. The predicted molar refractivity (Wildman–Crippen MR) is 81.4 cm³/mol. The molecule has 0 aliphatic heterocycles. The highest BCUT2D eigenvalue weighted by molar-refractivity contribution is 5.66. The van der Waals surface area contributed by atoms with Gasteiger partial charge < -0.3 is 9.84 Å². The van der Waals surface area contributed by atoms with Gasteiger partial charge in [0, 0.05) is 24.2 Å². The Morgan fingerprint density at radius 3 is 2.38 bits per heavy atom. The van der Waals surface area contributed by atoms with Gasteiger partial charge in [-0.05, 0) is 36.5 Å². The molecular weight excluding hydrogens is 266 g/mol. The number of carboxylic acids is 1. The molecule has 0 radical (unpaired) electrons. The van der Waals surface area contributed by atoms with Crippen molar-refractivity contribution in [2.45, 2.75) is 25.7 Å². The van der Waals surface area contributed by atoms with Gasteiger partial charge >= 0.3 is 5.97 Å². The van der Waals surface area contributed by atoms with E-state index >= 15 is 0 Å². The number of carboxylic acid groups (broad SMARTS) is 1. The van der Waals surface area contributed by atoms with Gasteiger partial charge in [-0.1, -0.05) is 24.3 Å². The average Bonchev–Trinajstić information content (AvgIpc) is 2.52. The molecule has 4 nitrogen and oxygen atoms in total. The number of hydrogen-bond acceptors (Lipinski definition) is 3. The summed E-state index contributed by atoms with van der Waals surface area (Å²) in [5.74, 6) is -0.119. The number of ether oxygens (including phenoxy) is 1. The number of nitrogens with zero attached hydrogens (tertiary/aromatic N) is 1. The SMILES string of the molecule is COc1ccc(-c2ccc(CCCCC(=O)O)cc2)cn1. The van der Waals surface area contributed by atoms with Gasteiger partial charge in [-0.15, -0.1) is 0 Å². The van der Waals surface area contributed by atoms with E-state index in [9.17, 15) is 4.79 Å². The van der Waals surface area contributed by atoms with E-state index in [4.69, 9.17) is 9.84 Å². The maximum absolute atomic E-state index is 10.4. The first-order valence-corrected chi connectivity index (χ1v) is 7.00. The fourth-order valence-corrected chi connectivity index (χ4v) is 2.14. The van der Waals surface area contributed by atoms with Crippen molar-refractivity contribution in [3.8, 4) is 17.0 Å². The topological polar surface area (TPSA) is 59.4 Å². The van der Waals surface area contributed by atoms with Crippen molar-refractivity contribution in [2.75, 3.05) is 7.11 Å². The minimum Gasteiger partial charge on any atom is -0.481 e. The largest absolute Gasteiger partial charge is 0.481 e. The highest BCUT2D eigenvalue weighted by atomic mass is 16.5. The standard InChI is InChI=1S/C17H19NO3/c1-21-16-11-10-15(12-18-16)14-8-6-13(7-9-14)4-2-3-5-17(19)20/h6-12H,2-5H2,1H3,(H,19,20). The molecule has 0 saturated carbocycles. The molecule has 2 aromatic rings. The van der Waals surface area contributed by atoms with Crippen molar-refractivity contribution >= 4 is 5.97 Å². The molecule has 1 heterocycles. The minimum atomic E-state index is -0.725. The molecule has 1 aromatic heterocycles. The van der Waals surface area contributed by atoms with Crippen LogP contribution in [0.4, 0.5) is 0 Å². The van der Waals surface area contributed by atoms with Crippen LogP contribution in [0.5, 0.6) is 5.88 Å². The molecule has 1 aromatic carbocycles. The number of unbranched alkanes of at least 4 members (excludes halogenated alkanes) is 1. The van der Waals surface area contributed by atoms with Gasteiger partial charge in [0.05, 0.1) is 7.11 Å². The van der Waals surface area contributed by atoms with Crippen molar-refractivity contribution in [1.29, 1.82) is 0 Å². The van der Waals surface area contributed by atoms with Crippen LogP contribution >= 0.6 is 0 Å². The molecule has 110 valence electrons. The molecule has 0 spiro atoms. The number of carbonyl (C=O) groups is 1. The molecule has 0 unspecified atom stereocenters. The summed E-state index contributed by atoms with van der Waals surface area (Å²) in [6, 6.07) is 12.1. The fourth-order valence-electron chi connectivity index (χ4n) is 2.14. The van der Waals surface area contributed by atoms with E-state index in [0.29, 0.717) is 5.88 Å². The van der Waals surface area contributed by atoms with E-state index in [1.807, 2.05) is 12.1 Å². The lowest BCUT2D eigenvalue weighted by Crippen LogP contribution is -1.95. The van der Waals surface area contributed by atoms with Crippen molar-refractivity contribution < 1.29 is 14.6 Å². The third kappa shape index (κ3) is 4.60. The van der Waals surface area contributed by atoms with E-state index in [2.05, 4.69) is 29.2 Å². The summed E-state index contributed by atoms with van der Waals surface area (Å²) in [6.07, 6.45) is 4.57. The Kier molecular flexibility index (Phi) is 5.32. The number of aliphatic carboxylic acids is 1. The smallest absolute Gasteiger partial charge is 0.303 e. The van der Waals surface area contributed by atoms with Crippen molar-refractivity contribution in [3.05, 3.63) is 48.2 Å². The molecule has 21 heavy (non-hydrogen) atoms. The number of rotatable bonds is 7. The summed E-state index contributed by atoms with van der Waals surface area (Å²) in [7, 11) is 1.60. The van der Waals surface area contributed by atoms with Crippen LogP contribution in [-0.2, 0) is 11.2 Å². The Morgan fingerprint density at radius 2 is 1.81 bits per heavy atom. The van der Waals surface area contributed by atoms with Gasteiger partial charge in [-0.25, -0.2) is 4.98 Å². The normalized spacial score (nSPS) is 10.3. The quantitative estimate of drug-likeness (QED) is 0.790. The second-order valence-corrected chi connectivity index (χ2v) is 4.89. The molecule has 0 bridgehead atoms. The van der Waals surface area contributed by atoms with Gasteiger partial charge in [0.25, 0.3) is 0 Å². The zero-order valence-electron chi connectivity index (χ0n) is 12.1. The summed E-state index contributed by atoms with van der Waals surface area (Å²) in [6.45, 7) is 0. The molecule has 0 saturated heterocycles. The van der Waals surface area contributed by atoms with E-state index in [-0.39, 0.29) is 6.42 Å². The third-order valence-corrected chi connectivity index (χ3v) is 3.34. The molecule has 0 amide bonds. The van der Waals surface area contributed by atoms with E-state index < -0.39 is 5.97 Å². The monoisotopic (exact) mass is 285 g/mol. The summed E-state index contributed by atoms with van der Waals surface area (Å²) in [5.41, 5.74) is 3.39. The number of hydrogen-bond donors (Lipinski definition) is 1. The van der Waals surface area contributed by atoms with Gasteiger partial charge in [-0.2, -0.15) is 0 Å². The second-order valence-electron chi connectivity index (χ2n) is 4.89. The van der Waals surface area contributed by atoms with Crippen LogP contribution in [0.15, 0.2) is 42.6 Å². The number of aromatic nitrogens is 1. The minimum absolute atomic E-state index is 0.246. The van der Waals surface area contributed by atoms with Crippen LogP contribution in [-0.4, -0.2) is 23.2 Å². The number of benzene rings is 1. The van der Waals surface area contributed by atoms with Crippen LogP contribution in [0.2, 0.25) is 0 Å². The zero-order chi connectivity index (χ0) is 15.1. The molecule has 4 heteroatoms. The first kappa shape index (κ1) is 15.0. The molecule has 0 fully saturated rings. The van der Waals surface area contributed by atoms with Crippen molar-refractivity contribution in [2.24, 2.45) is 0 Å². The zero-order valence-corrected chi connectivity index (χ0v) is 12.1. The second kappa shape index (κ2) is 7.43. The molecule has 0 aliphatic carbocycles. The van der Waals surface area contributed by atoms with Crippen molar-refractivity contribution in [3.63, 3.8) is 0 Å². The van der Waals surface area contributed by atoms with E-state index in [0.717, 1.165) is 30.4 Å². The molecule has 0 aliphatic rings. The highest BCUT2D eigenvalue weighted by Gasteiger charge is 2.01. The Bertz CT molecular complexity index is 576. The average molecular weight is 285 g/mol. The first-order chi connectivity index (χ1) is 10.2. The van der Waals surface area contributed by atoms with Crippen LogP contribution in [0, 0.1) is 0 Å². The lowest BCUT2D eigenvalue weighted by molar-refractivity contribution is -0.137. The van der Waals surface area contributed by atoms with Crippen LogP contribution in [0.3, 0.4) is 0 Å². The van der Waals surface area contributed by atoms with Crippen LogP contribution in [0.1, 0.15) is 24.8 Å². The Labute approximate surface area is 124 Å². The van der Waals surface area contributed by atoms with Crippen LogP contribution in [0.25, 0.3) is 11.1 Å². The summed E-state index contributed by atoms with van der Waals surface area (Å²) in [5, 5.41) is 8.60. The predicted octanol–water partition coefficient (Wildman–Crippen LogP) is 3.55. The van der Waals surface area contributed by atoms with Gasteiger partial charge in [0.15, 0.2) is 0 Å². The van der Waals surface area contributed by atoms with Gasteiger partial charge in [0.1, 0.15) is 0 Å². The van der Waals surface area contributed by atoms with E-state index in [1.54, 1.807) is 13.3 Å². The van der Waals surface area contributed by atoms with Crippen molar-refractivity contribution in [1.82, 2.24) is 4.98 Å². The number of aryl methyl sites for hydroxylation is 1. The molecule has 1 N–H and O–H groups in total. The lowest BCUT2D eigenvalue weighted by Gasteiger charge is -2.05. The molecular formula is C17H19NO3. The number of pyridine rings is 1. The fraction of sp³-hybridized carbons (Fsp3) is 0.294. The third-order valence-electron chi connectivity index (χ3n) is 3.34. The van der Waals surface area contributed by atoms with E-state index in [1.165, 1.54) is 5.56 Å². The Balaban J connectivity index is 1.93. The Hall–Kier alpha value is -2.36. The maximum Gasteiger partial charge on any atom is 0.303 e. The first-order valence-electron chi connectivity index (χ1n) is 7.00. The number of methoxy groups -OCH3 is 1. The summed E-state index contributed by atoms with van der Waals surface area (Å²) < 4.78 is 5.04. The van der Waals surface area contributed by atoms with Crippen LogP contribution < -0.4 is 4.74 Å². The van der Waals surface area contributed by atoms with Gasteiger partial charge in [-0.3, -0.25) is 4.79 Å². The summed E-state index contributed by atoms with van der Waals surface area (Å²) >= 11 is 0. The molecule has 2 rings (SSSR count). The molecule has 0 atom stereocenters.